The second kappa shape index (κ2) is 6.51. The summed E-state index contributed by atoms with van der Waals surface area (Å²) in [6.07, 6.45) is 5.02. The third kappa shape index (κ3) is 3.80. The molecule has 0 bridgehead atoms. The molecule has 4 N–H and O–H groups in total. The number of rotatable bonds is 5. The molecule has 3 atom stereocenters. The number of hydrogen-bond donors (Lipinski definition) is 4. The lowest BCUT2D eigenvalue weighted by molar-refractivity contribution is -0.142. The summed E-state index contributed by atoms with van der Waals surface area (Å²) in [5.74, 6) is -0.817. The Bertz CT molecular complexity index is 460. The average Bonchev–Trinajstić information content (AvgIpc) is 2.90. The third-order valence-corrected chi connectivity index (χ3v) is 3.58. The summed E-state index contributed by atoms with van der Waals surface area (Å²) in [6.45, 7) is 2.89. The van der Waals surface area contributed by atoms with Crippen LogP contribution in [0.2, 0.25) is 0 Å². The van der Waals surface area contributed by atoms with Crippen LogP contribution >= 0.6 is 0 Å². The predicted molar refractivity (Wildman–Crippen MR) is 72.0 cm³/mol. The van der Waals surface area contributed by atoms with Crippen LogP contribution in [0.5, 0.6) is 0 Å². The summed E-state index contributed by atoms with van der Waals surface area (Å²) in [7, 11) is 0. The first kappa shape index (κ1) is 14.5. The first-order valence-corrected chi connectivity index (χ1v) is 6.80. The Kier molecular flexibility index (Phi) is 4.73. The van der Waals surface area contributed by atoms with Gasteiger partial charge in [-0.25, -0.2) is 9.78 Å². The minimum absolute atomic E-state index is 0.198. The Morgan fingerprint density at radius 3 is 3.00 bits per heavy atom. The molecule has 1 aliphatic rings. The number of hydrogen-bond acceptors (Lipinski definition) is 4. The van der Waals surface area contributed by atoms with E-state index in [9.17, 15) is 14.7 Å². The van der Waals surface area contributed by atoms with E-state index >= 15 is 0 Å². The fraction of sp³-hybridized carbons (Fsp3) is 0.615. The van der Waals surface area contributed by atoms with Crippen molar-refractivity contribution < 1.29 is 14.7 Å². The van der Waals surface area contributed by atoms with E-state index in [0.29, 0.717) is 11.6 Å². The summed E-state index contributed by atoms with van der Waals surface area (Å²) in [5.41, 5.74) is 0.683. The molecule has 0 radical (unpaired) electrons. The molecule has 0 aromatic carbocycles. The SMILES string of the molecule is CC1CCNC(C(=O)N[C@H](Cc2cnc[nH]2)C(=O)O)C1. The maximum Gasteiger partial charge on any atom is 0.326 e. The van der Waals surface area contributed by atoms with Gasteiger partial charge < -0.3 is 20.7 Å². The Balaban J connectivity index is 1.93. The van der Waals surface area contributed by atoms with Crippen molar-refractivity contribution in [3.63, 3.8) is 0 Å². The molecule has 2 unspecified atom stereocenters. The van der Waals surface area contributed by atoms with Gasteiger partial charge in [-0.1, -0.05) is 6.92 Å². The highest BCUT2D eigenvalue weighted by Crippen LogP contribution is 2.15. The van der Waals surface area contributed by atoms with Gasteiger partial charge in [-0.3, -0.25) is 4.79 Å². The number of amides is 1. The zero-order chi connectivity index (χ0) is 14.5. The second-order valence-electron chi connectivity index (χ2n) is 5.32. The minimum Gasteiger partial charge on any atom is -0.480 e. The van der Waals surface area contributed by atoms with E-state index in [-0.39, 0.29) is 18.4 Å². The first-order valence-electron chi connectivity index (χ1n) is 6.80. The quantitative estimate of drug-likeness (QED) is 0.603. The zero-order valence-corrected chi connectivity index (χ0v) is 11.4. The molecule has 1 aromatic heterocycles. The molecule has 7 heteroatoms. The molecule has 0 aliphatic carbocycles. The van der Waals surface area contributed by atoms with Gasteiger partial charge in [0, 0.05) is 18.3 Å². The minimum atomic E-state index is -1.04. The van der Waals surface area contributed by atoms with Gasteiger partial charge in [-0.15, -0.1) is 0 Å². The van der Waals surface area contributed by atoms with E-state index in [1.807, 2.05) is 0 Å². The van der Waals surface area contributed by atoms with Crippen molar-refractivity contribution in [3.05, 3.63) is 18.2 Å². The average molecular weight is 280 g/mol. The molecule has 110 valence electrons. The van der Waals surface area contributed by atoms with Crippen LogP contribution < -0.4 is 10.6 Å². The number of aromatic nitrogens is 2. The van der Waals surface area contributed by atoms with E-state index in [2.05, 4.69) is 27.5 Å². The first-order chi connectivity index (χ1) is 9.56. The number of aromatic amines is 1. The largest absolute Gasteiger partial charge is 0.480 e. The van der Waals surface area contributed by atoms with Gasteiger partial charge in [0.25, 0.3) is 0 Å². The molecule has 20 heavy (non-hydrogen) atoms. The van der Waals surface area contributed by atoms with Crippen LogP contribution in [0.4, 0.5) is 0 Å². The molecule has 1 aromatic rings. The van der Waals surface area contributed by atoms with Crippen LogP contribution in [0, 0.1) is 5.92 Å². The number of nitrogens with one attached hydrogen (secondary N) is 3. The molecule has 2 rings (SSSR count). The molecule has 1 amide bonds. The molecular weight excluding hydrogens is 260 g/mol. The van der Waals surface area contributed by atoms with Crippen molar-refractivity contribution in [2.24, 2.45) is 5.92 Å². The van der Waals surface area contributed by atoms with Crippen molar-refractivity contribution in [3.8, 4) is 0 Å². The highest BCUT2D eigenvalue weighted by molar-refractivity contribution is 5.87. The topological polar surface area (TPSA) is 107 Å². The monoisotopic (exact) mass is 280 g/mol. The molecule has 7 nitrogen and oxygen atoms in total. The smallest absolute Gasteiger partial charge is 0.326 e. The van der Waals surface area contributed by atoms with Crippen LogP contribution in [0.3, 0.4) is 0 Å². The van der Waals surface area contributed by atoms with Crippen LogP contribution in [-0.4, -0.2) is 45.6 Å². The van der Waals surface area contributed by atoms with Gasteiger partial charge in [0.05, 0.1) is 12.4 Å². The predicted octanol–water partition coefficient (Wildman–Crippen LogP) is -0.0903. The van der Waals surface area contributed by atoms with Crippen LogP contribution in [0.1, 0.15) is 25.5 Å². The van der Waals surface area contributed by atoms with Gasteiger partial charge in [0.1, 0.15) is 6.04 Å². The maximum atomic E-state index is 12.1. The fourth-order valence-electron chi connectivity index (χ4n) is 2.40. The molecule has 0 spiro atoms. The summed E-state index contributed by atoms with van der Waals surface area (Å²) >= 11 is 0. The Morgan fingerprint density at radius 1 is 1.60 bits per heavy atom. The highest BCUT2D eigenvalue weighted by Gasteiger charge is 2.28. The Hall–Kier alpha value is -1.89. The number of H-pyrrole nitrogens is 1. The number of carboxylic acids is 1. The number of imidazole rings is 1. The van der Waals surface area contributed by atoms with Gasteiger partial charge >= 0.3 is 5.97 Å². The van der Waals surface area contributed by atoms with Crippen molar-refractivity contribution in [1.29, 1.82) is 0 Å². The van der Waals surface area contributed by atoms with E-state index in [0.717, 1.165) is 19.4 Å². The van der Waals surface area contributed by atoms with Gasteiger partial charge in [0.15, 0.2) is 0 Å². The van der Waals surface area contributed by atoms with Crippen LogP contribution in [0.15, 0.2) is 12.5 Å². The summed E-state index contributed by atoms with van der Waals surface area (Å²) in [5, 5.41) is 14.9. The van der Waals surface area contributed by atoms with E-state index in [4.69, 9.17) is 0 Å². The number of carbonyl (C=O) groups excluding carboxylic acids is 1. The normalized spacial score (nSPS) is 24.1. The number of carbonyl (C=O) groups is 2. The molecule has 1 saturated heterocycles. The number of nitrogens with zero attached hydrogens (tertiary/aromatic N) is 1. The molecule has 1 fully saturated rings. The van der Waals surface area contributed by atoms with E-state index in [1.165, 1.54) is 6.33 Å². The molecular formula is C13H20N4O3. The standard InChI is InChI=1S/C13H20N4O3/c1-8-2-3-15-10(4-8)12(18)17-11(13(19)20)5-9-6-14-7-16-9/h6-8,10-11,15H,2-5H2,1H3,(H,14,16)(H,17,18)(H,19,20)/t8?,10?,11-/m1/s1. The lowest BCUT2D eigenvalue weighted by Gasteiger charge is -2.28. The highest BCUT2D eigenvalue weighted by atomic mass is 16.4. The molecule has 1 aliphatic heterocycles. The molecule has 0 saturated carbocycles. The van der Waals surface area contributed by atoms with Gasteiger partial charge in [-0.2, -0.15) is 0 Å². The summed E-state index contributed by atoms with van der Waals surface area (Å²) in [4.78, 5) is 30.0. The van der Waals surface area contributed by atoms with Crippen molar-refractivity contribution >= 4 is 11.9 Å². The zero-order valence-electron chi connectivity index (χ0n) is 11.4. The van der Waals surface area contributed by atoms with Crippen LogP contribution in [-0.2, 0) is 16.0 Å². The van der Waals surface area contributed by atoms with E-state index < -0.39 is 12.0 Å². The maximum absolute atomic E-state index is 12.1. The van der Waals surface area contributed by atoms with Crippen molar-refractivity contribution in [1.82, 2.24) is 20.6 Å². The number of carboxylic acid groups (broad SMARTS) is 1. The van der Waals surface area contributed by atoms with Gasteiger partial charge in [-0.05, 0) is 25.3 Å². The molecule has 2 heterocycles. The summed E-state index contributed by atoms with van der Waals surface area (Å²) in [6, 6.07) is -1.25. The van der Waals surface area contributed by atoms with Crippen molar-refractivity contribution in [2.75, 3.05) is 6.54 Å². The Labute approximate surface area is 117 Å². The Morgan fingerprint density at radius 2 is 2.40 bits per heavy atom. The van der Waals surface area contributed by atoms with Crippen molar-refractivity contribution in [2.45, 2.75) is 38.3 Å². The van der Waals surface area contributed by atoms with E-state index in [1.54, 1.807) is 6.20 Å². The lowest BCUT2D eigenvalue weighted by Crippen LogP contribution is -2.53. The number of aliphatic carboxylic acids is 1. The fourth-order valence-corrected chi connectivity index (χ4v) is 2.40. The van der Waals surface area contributed by atoms with Crippen LogP contribution in [0.25, 0.3) is 0 Å². The van der Waals surface area contributed by atoms with Gasteiger partial charge in [0.2, 0.25) is 5.91 Å². The number of piperidine rings is 1. The third-order valence-electron chi connectivity index (χ3n) is 3.58. The second-order valence-corrected chi connectivity index (χ2v) is 5.32. The lowest BCUT2D eigenvalue weighted by atomic mass is 9.93. The summed E-state index contributed by atoms with van der Waals surface area (Å²) < 4.78 is 0.